The molecule has 104 valence electrons. The van der Waals surface area contributed by atoms with Crippen molar-refractivity contribution in [2.45, 2.75) is 0 Å². The first-order valence-electron chi connectivity index (χ1n) is 6.62. The van der Waals surface area contributed by atoms with E-state index >= 15 is 0 Å². The van der Waals surface area contributed by atoms with Gasteiger partial charge in [-0.15, -0.1) is 0 Å². The van der Waals surface area contributed by atoms with Crippen LogP contribution in [0.15, 0.2) is 66.0 Å². The van der Waals surface area contributed by atoms with E-state index in [4.69, 9.17) is 4.74 Å². The normalized spacial score (nSPS) is 10.9. The van der Waals surface area contributed by atoms with Crippen molar-refractivity contribution in [2.24, 2.45) is 4.99 Å². The van der Waals surface area contributed by atoms with E-state index in [1.165, 1.54) is 0 Å². The predicted molar refractivity (Wildman–Crippen MR) is 84.3 cm³/mol. The lowest BCUT2D eigenvalue weighted by molar-refractivity contribution is 0.415. The quantitative estimate of drug-likeness (QED) is 0.737. The van der Waals surface area contributed by atoms with E-state index in [1.54, 1.807) is 19.6 Å². The number of nitrogens with one attached hydrogen (secondary N) is 1. The smallest absolute Gasteiger partial charge is 0.118 e. The van der Waals surface area contributed by atoms with Crippen LogP contribution in [-0.4, -0.2) is 23.3 Å². The second kappa shape index (κ2) is 6.05. The highest BCUT2D eigenvalue weighted by atomic mass is 16.5. The molecule has 0 aliphatic heterocycles. The molecule has 0 aliphatic carbocycles. The molecule has 0 aliphatic rings. The van der Waals surface area contributed by atoms with E-state index < -0.39 is 0 Å². The van der Waals surface area contributed by atoms with E-state index in [9.17, 15) is 0 Å². The molecule has 4 nitrogen and oxygen atoms in total. The Balaban J connectivity index is 1.80. The fourth-order valence-electron chi connectivity index (χ4n) is 2.01. The summed E-state index contributed by atoms with van der Waals surface area (Å²) in [4.78, 5) is 11.6. The molecule has 0 bridgehead atoms. The molecule has 0 unspecified atom stereocenters. The number of hydrogen-bond donors (Lipinski definition) is 1. The van der Waals surface area contributed by atoms with Crippen molar-refractivity contribution in [3.8, 4) is 17.0 Å². The summed E-state index contributed by atoms with van der Waals surface area (Å²) in [7, 11) is 1.66. The Morgan fingerprint density at radius 2 is 2.00 bits per heavy atom. The molecule has 1 heterocycles. The molecule has 0 amide bonds. The number of ether oxygens (including phenoxy) is 1. The molecule has 1 aromatic heterocycles. The van der Waals surface area contributed by atoms with Gasteiger partial charge in [-0.05, 0) is 42.0 Å². The number of hydrogen-bond acceptors (Lipinski definition) is 3. The van der Waals surface area contributed by atoms with Crippen LogP contribution in [0.5, 0.6) is 5.75 Å². The van der Waals surface area contributed by atoms with E-state index in [-0.39, 0.29) is 0 Å². The Morgan fingerprint density at radius 1 is 1.14 bits per heavy atom. The standard InChI is InChI=1S/C17H15N3O/c1-21-16-7-5-13(6-8-16)10-19-15-4-2-3-14(9-15)17-11-18-12-20-17/h2-12H,1H3,(H,18,20). The number of aliphatic imine (C=N–C) groups is 1. The minimum absolute atomic E-state index is 0.841. The number of nitrogens with zero attached hydrogens (tertiary/aromatic N) is 2. The highest BCUT2D eigenvalue weighted by Crippen LogP contribution is 2.22. The van der Waals surface area contributed by atoms with Crippen LogP contribution in [0.25, 0.3) is 11.3 Å². The average Bonchev–Trinajstić information content (AvgIpc) is 3.08. The first-order valence-corrected chi connectivity index (χ1v) is 6.62. The molecular weight excluding hydrogens is 262 g/mol. The zero-order chi connectivity index (χ0) is 14.5. The van der Waals surface area contributed by atoms with Gasteiger partial charge in [0.05, 0.1) is 31.0 Å². The van der Waals surface area contributed by atoms with Gasteiger partial charge >= 0.3 is 0 Å². The minimum Gasteiger partial charge on any atom is -0.497 e. The molecule has 3 aromatic rings. The summed E-state index contributed by atoms with van der Waals surface area (Å²) in [6.07, 6.45) is 5.31. The van der Waals surface area contributed by atoms with Crippen LogP contribution in [0.1, 0.15) is 5.56 Å². The number of aromatic nitrogens is 2. The van der Waals surface area contributed by atoms with Gasteiger partial charge in [-0.1, -0.05) is 12.1 Å². The maximum absolute atomic E-state index is 5.14. The largest absolute Gasteiger partial charge is 0.497 e. The van der Waals surface area contributed by atoms with Gasteiger partial charge in [-0.2, -0.15) is 0 Å². The summed E-state index contributed by atoms with van der Waals surface area (Å²) in [6, 6.07) is 15.8. The van der Waals surface area contributed by atoms with Gasteiger partial charge in [-0.3, -0.25) is 4.99 Å². The summed E-state index contributed by atoms with van der Waals surface area (Å²) in [5.41, 5.74) is 3.98. The first kappa shape index (κ1) is 13.1. The fraction of sp³-hybridized carbons (Fsp3) is 0.0588. The molecule has 0 atom stereocenters. The number of aromatic amines is 1. The number of imidazole rings is 1. The third kappa shape index (κ3) is 3.17. The van der Waals surface area contributed by atoms with Crippen molar-refractivity contribution in [3.63, 3.8) is 0 Å². The summed E-state index contributed by atoms with van der Waals surface area (Å²) < 4.78 is 5.14. The van der Waals surface area contributed by atoms with Gasteiger partial charge in [0.15, 0.2) is 0 Å². The number of H-pyrrole nitrogens is 1. The molecule has 0 fully saturated rings. The molecule has 4 heteroatoms. The molecule has 0 saturated carbocycles. The fourth-order valence-corrected chi connectivity index (χ4v) is 2.01. The Bertz CT molecular complexity index is 731. The lowest BCUT2D eigenvalue weighted by Crippen LogP contribution is -1.84. The van der Waals surface area contributed by atoms with Crippen molar-refractivity contribution >= 4 is 11.9 Å². The van der Waals surface area contributed by atoms with E-state index in [1.807, 2.05) is 54.7 Å². The average molecular weight is 277 g/mol. The molecule has 0 radical (unpaired) electrons. The molecule has 3 rings (SSSR count). The van der Waals surface area contributed by atoms with E-state index in [2.05, 4.69) is 15.0 Å². The second-order valence-electron chi connectivity index (χ2n) is 4.55. The van der Waals surface area contributed by atoms with Crippen LogP contribution in [-0.2, 0) is 0 Å². The van der Waals surface area contributed by atoms with Crippen LogP contribution >= 0.6 is 0 Å². The van der Waals surface area contributed by atoms with Gasteiger partial charge in [0, 0.05) is 11.8 Å². The summed E-state index contributed by atoms with van der Waals surface area (Å²) in [5.74, 6) is 0.841. The SMILES string of the molecule is COc1ccc(C=Nc2cccc(-c3cnc[nH]3)c2)cc1. The number of benzene rings is 2. The van der Waals surface area contributed by atoms with Gasteiger partial charge in [0.25, 0.3) is 0 Å². The number of methoxy groups -OCH3 is 1. The lowest BCUT2D eigenvalue weighted by atomic mass is 10.1. The summed E-state index contributed by atoms with van der Waals surface area (Å²) >= 11 is 0. The van der Waals surface area contributed by atoms with Crippen LogP contribution < -0.4 is 4.74 Å². The molecule has 2 aromatic carbocycles. The van der Waals surface area contributed by atoms with Crippen molar-refractivity contribution < 1.29 is 4.74 Å². The molecule has 0 saturated heterocycles. The van der Waals surface area contributed by atoms with Gasteiger partial charge in [-0.25, -0.2) is 4.98 Å². The van der Waals surface area contributed by atoms with Crippen LogP contribution in [0.2, 0.25) is 0 Å². The lowest BCUT2D eigenvalue weighted by Gasteiger charge is -2.00. The summed E-state index contributed by atoms with van der Waals surface area (Å²) in [5, 5.41) is 0. The maximum atomic E-state index is 5.14. The Labute approximate surface area is 123 Å². The zero-order valence-electron chi connectivity index (χ0n) is 11.7. The van der Waals surface area contributed by atoms with E-state index in [0.29, 0.717) is 0 Å². The van der Waals surface area contributed by atoms with Crippen molar-refractivity contribution in [3.05, 3.63) is 66.6 Å². The first-order chi connectivity index (χ1) is 10.3. The van der Waals surface area contributed by atoms with Crippen LogP contribution in [0.4, 0.5) is 5.69 Å². The maximum Gasteiger partial charge on any atom is 0.118 e. The Morgan fingerprint density at radius 3 is 2.71 bits per heavy atom. The van der Waals surface area contributed by atoms with Crippen LogP contribution in [0, 0.1) is 0 Å². The number of rotatable bonds is 4. The van der Waals surface area contributed by atoms with Gasteiger partial charge in [0.1, 0.15) is 5.75 Å². The Hall–Kier alpha value is -2.88. The van der Waals surface area contributed by atoms with Crippen molar-refractivity contribution in [1.29, 1.82) is 0 Å². The van der Waals surface area contributed by atoms with Crippen molar-refractivity contribution in [2.75, 3.05) is 7.11 Å². The molecule has 0 spiro atoms. The summed E-state index contributed by atoms with van der Waals surface area (Å²) in [6.45, 7) is 0. The highest BCUT2D eigenvalue weighted by molar-refractivity contribution is 5.82. The van der Waals surface area contributed by atoms with Crippen molar-refractivity contribution in [1.82, 2.24) is 9.97 Å². The molecular formula is C17H15N3O. The van der Waals surface area contributed by atoms with Gasteiger partial charge in [0.2, 0.25) is 0 Å². The third-order valence-electron chi connectivity index (χ3n) is 3.13. The third-order valence-corrected chi connectivity index (χ3v) is 3.13. The zero-order valence-corrected chi connectivity index (χ0v) is 11.7. The molecule has 21 heavy (non-hydrogen) atoms. The monoisotopic (exact) mass is 277 g/mol. The highest BCUT2D eigenvalue weighted by Gasteiger charge is 1.99. The minimum atomic E-state index is 0.841. The topological polar surface area (TPSA) is 50.3 Å². The van der Waals surface area contributed by atoms with Gasteiger partial charge < -0.3 is 9.72 Å². The second-order valence-corrected chi connectivity index (χ2v) is 4.55. The van der Waals surface area contributed by atoms with E-state index in [0.717, 1.165) is 28.3 Å². The molecule has 1 N–H and O–H groups in total. The Kier molecular flexibility index (Phi) is 3.78. The van der Waals surface area contributed by atoms with Crippen LogP contribution in [0.3, 0.4) is 0 Å². The predicted octanol–water partition coefficient (Wildman–Crippen LogP) is 3.84.